The second kappa shape index (κ2) is 5.44. The van der Waals surface area contributed by atoms with Gasteiger partial charge in [0.1, 0.15) is 11.5 Å². The van der Waals surface area contributed by atoms with Crippen LogP contribution in [0.5, 0.6) is 0 Å². The van der Waals surface area contributed by atoms with E-state index < -0.39 is 0 Å². The molecule has 2 aliphatic rings. The van der Waals surface area contributed by atoms with Crippen molar-refractivity contribution < 1.29 is 14.3 Å². The van der Waals surface area contributed by atoms with E-state index in [9.17, 15) is 9.90 Å². The molecule has 4 nitrogen and oxygen atoms in total. The normalized spacial score (nSPS) is 29.9. The van der Waals surface area contributed by atoms with Crippen LogP contribution in [0.3, 0.4) is 0 Å². The lowest BCUT2D eigenvalue weighted by Gasteiger charge is -2.29. The zero-order chi connectivity index (χ0) is 14.1. The lowest BCUT2D eigenvalue weighted by atomic mass is 10.1. The summed E-state index contributed by atoms with van der Waals surface area (Å²) in [7, 11) is 0. The van der Waals surface area contributed by atoms with Crippen LogP contribution in [-0.2, 0) is 4.79 Å². The maximum Gasteiger partial charge on any atom is 0.246 e. The Morgan fingerprint density at radius 2 is 2.30 bits per heavy atom. The fourth-order valence-corrected chi connectivity index (χ4v) is 2.79. The van der Waals surface area contributed by atoms with Crippen LogP contribution < -0.4 is 0 Å². The highest BCUT2D eigenvalue weighted by Gasteiger charge is 2.36. The second-order valence-electron chi connectivity index (χ2n) is 5.97. The first-order valence-corrected chi connectivity index (χ1v) is 7.38. The quantitative estimate of drug-likeness (QED) is 0.862. The number of hydrogen-bond acceptors (Lipinski definition) is 3. The van der Waals surface area contributed by atoms with Gasteiger partial charge in [0, 0.05) is 25.1 Å². The molecule has 1 aliphatic carbocycles. The van der Waals surface area contributed by atoms with E-state index in [0.29, 0.717) is 12.5 Å². The van der Waals surface area contributed by atoms with Crippen LogP contribution in [0.1, 0.15) is 43.6 Å². The van der Waals surface area contributed by atoms with Gasteiger partial charge in [-0.25, -0.2) is 0 Å². The Bertz CT molecular complexity index is 520. The van der Waals surface area contributed by atoms with E-state index in [1.54, 1.807) is 11.0 Å². The maximum absolute atomic E-state index is 12.0. The van der Waals surface area contributed by atoms with Crippen molar-refractivity contribution in [3.63, 3.8) is 0 Å². The van der Waals surface area contributed by atoms with Crippen molar-refractivity contribution in [2.45, 2.75) is 38.2 Å². The lowest BCUT2D eigenvalue weighted by molar-refractivity contribution is -0.128. The topological polar surface area (TPSA) is 53.7 Å². The zero-order valence-corrected chi connectivity index (χ0v) is 11.8. The number of piperidine rings is 1. The van der Waals surface area contributed by atoms with Gasteiger partial charge in [-0.05, 0) is 43.4 Å². The average Bonchev–Trinajstić information content (AvgIpc) is 2.99. The number of furan rings is 1. The first kappa shape index (κ1) is 13.4. The predicted octanol–water partition coefficient (Wildman–Crippen LogP) is 2.40. The molecule has 108 valence electrons. The molecule has 1 aromatic heterocycles. The number of nitrogens with zero attached hydrogens (tertiary/aromatic N) is 1. The number of hydrogen-bond donors (Lipinski definition) is 1. The van der Waals surface area contributed by atoms with E-state index in [4.69, 9.17) is 4.42 Å². The molecule has 3 atom stereocenters. The molecule has 0 radical (unpaired) electrons. The van der Waals surface area contributed by atoms with Gasteiger partial charge in [0.05, 0.1) is 6.10 Å². The maximum atomic E-state index is 12.0. The Morgan fingerprint density at radius 3 is 3.00 bits per heavy atom. The van der Waals surface area contributed by atoms with Gasteiger partial charge in [-0.2, -0.15) is 0 Å². The first-order chi connectivity index (χ1) is 9.63. The summed E-state index contributed by atoms with van der Waals surface area (Å²) in [4.78, 5) is 13.7. The van der Waals surface area contributed by atoms with Crippen molar-refractivity contribution in [3.05, 3.63) is 29.7 Å². The van der Waals surface area contributed by atoms with Gasteiger partial charge < -0.3 is 14.4 Å². The largest absolute Gasteiger partial charge is 0.461 e. The van der Waals surface area contributed by atoms with E-state index >= 15 is 0 Å². The smallest absolute Gasteiger partial charge is 0.246 e. The summed E-state index contributed by atoms with van der Waals surface area (Å²) in [6.45, 7) is 3.38. The number of likely N-dealkylation sites (tertiary alicyclic amines) is 1. The third kappa shape index (κ3) is 2.96. The number of carbonyl (C=O) groups is 1. The fourth-order valence-electron chi connectivity index (χ4n) is 2.79. The van der Waals surface area contributed by atoms with Crippen molar-refractivity contribution in [1.82, 2.24) is 4.90 Å². The van der Waals surface area contributed by atoms with Crippen molar-refractivity contribution in [1.29, 1.82) is 0 Å². The molecule has 2 fully saturated rings. The van der Waals surface area contributed by atoms with Crippen LogP contribution in [-0.4, -0.2) is 35.1 Å². The molecule has 2 heterocycles. The monoisotopic (exact) mass is 275 g/mol. The van der Waals surface area contributed by atoms with Gasteiger partial charge in [-0.15, -0.1) is 0 Å². The van der Waals surface area contributed by atoms with Crippen LogP contribution in [0.25, 0.3) is 6.08 Å². The molecule has 1 amide bonds. The summed E-state index contributed by atoms with van der Waals surface area (Å²) in [5.74, 6) is 2.98. The van der Waals surface area contributed by atoms with Gasteiger partial charge in [0.2, 0.25) is 5.91 Å². The molecular formula is C16H21NO3. The molecular weight excluding hydrogens is 254 g/mol. The van der Waals surface area contributed by atoms with Crippen LogP contribution in [0.2, 0.25) is 0 Å². The molecule has 1 N–H and O–H groups in total. The van der Waals surface area contributed by atoms with Crippen LogP contribution >= 0.6 is 0 Å². The zero-order valence-electron chi connectivity index (χ0n) is 11.8. The molecule has 3 unspecified atom stereocenters. The molecule has 1 aromatic rings. The van der Waals surface area contributed by atoms with Gasteiger partial charge in [-0.1, -0.05) is 6.92 Å². The lowest BCUT2D eigenvalue weighted by Crippen LogP contribution is -2.41. The number of rotatable bonds is 3. The molecule has 1 saturated carbocycles. The number of aliphatic hydroxyl groups is 1. The van der Waals surface area contributed by atoms with Crippen molar-refractivity contribution in [2.24, 2.45) is 5.92 Å². The van der Waals surface area contributed by atoms with Gasteiger partial charge in [0.25, 0.3) is 0 Å². The van der Waals surface area contributed by atoms with Gasteiger partial charge in [-0.3, -0.25) is 4.79 Å². The van der Waals surface area contributed by atoms with E-state index in [2.05, 4.69) is 6.92 Å². The van der Waals surface area contributed by atoms with E-state index in [0.717, 1.165) is 36.8 Å². The Morgan fingerprint density at radius 1 is 1.50 bits per heavy atom. The van der Waals surface area contributed by atoms with Crippen LogP contribution in [0.4, 0.5) is 0 Å². The van der Waals surface area contributed by atoms with Crippen molar-refractivity contribution >= 4 is 12.0 Å². The molecule has 4 heteroatoms. The number of β-amino-alcohol motifs (C(OH)–C–C–N with tert-alkyl or cyclic N) is 1. The highest BCUT2D eigenvalue weighted by atomic mass is 16.3. The minimum absolute atomic E-state index is 0.0542. The standard InChI is InChI=1S/C16H21NO3/c1-11-9-14(11)15-6-4-13(20-15)5-7-16(19)17-8-2-3-12(18)10-17/h4-7,11-12,14,18H,2-3,8-10H2,1H3. The molecule has 0 bridgehead atoms. The SMILES string of the molecule is CC1CC1c1ccc(C=CC(=O)N2CCCC(O)C2)o1. The van der Waals surface area contributed by atoms with Crippen LogP contribution in [0.15, 0.2) is 22.6 Å². The third-order valence-electron chi connectivity index (χ3n) is 4.22. The summed E-state index contributed by atoms with van der Waals surface area (Å²) in [5, 5.41) is 9.57. The first-order valence-electron chi connectivity index (χ1n) is 7.38. The molecule has 1 saturated heterocycles. The molecule has 3 rings (SSSR count). The summed E-state index contributed by atoms with van der Waals surface area (Å²) >= 11 is 0. The summed E-state index contributed by atoms with van der Waals surface area (Å²) in [6.07, 6.45) is 5.73. The molecule has 20 heavy (non-hydrogen) atoms. The second-order valence-corrected chi connectivity index (χ2v) is 5.97. The third-order valence-corrected chi connectivity index (χ3v) is 4.22. The molecule has 0 aromatic carbocycles. The van der Waals surface area contributed by atoms with Crippen LogP contribution in [0, 0.1) is 5.92 Å². The summed E-state index contributed by atoms with van der Waals surface area (Å²) in [6, 6.07) is 3.91. The van der Waals surface area contributed by atoms with Crippen molar-refractivity contribution in [3.8, 4) is 0 Å². The highest BCUT2D eigenvalue weighted by Crippen LogP contribution is 2.47. The Labute approximate surface area is 119 Å². The Hall–Kier alpha value is -1.55. The van der Waals surface area contributed by atoms with Gasteiger partial charge in [0.15, 0.2) is 0 Å². The van der Waals surface area contributed by atoms with Gasteiger partial charge >= 0.3 is 0 Å². The highest BCUT2D eigenvalue weighted by molar-refractivity contribution is 5.91. The number of amides is 1. The number of carbonyl (C=O) groups excluding carboxylic acids is 1. The molecule has 0 spiro atoms. The minimum Gasteiger partial charge on any atom is -0.461 e. The average molecular weight is 275 g/mol. The Kier molecular flexibility index (Phi) is 3.66. The van der Waals surface area contributed by atoms with E-state index in [1.807, 2.05) is 12.1 Å². The van der Waals surface area contributed by atoms with Crippen molar-refractivity contribution in [2.75, 3.05) is 13.1 Å². The van der Waals surface area contributed by atoms with E-state index in [1.165, 1.54) is 12.5 Å². The molecule has 1 aliphatic heterocycles. The van der Waals surface area contributed by atoms with E-state index in [-0.39, 0.29) is 12.0 Å². The predicted molar refractivity (Wildman–Crippen MR) is 76.1 cm³/mol. The summed E-state index contributed by atoms with van der Waals surface area (Å²) in [5.41, 5.74) is 0. The fraction of sp³-hybridized carbons (Fsp3) is 0.562. The summed E-state index contributed by atoms with van der Waals surface area (Å²) < 4.78 is 5.73. The Balaban J connectivity index is 1.58. The number of aliphatic hydroxyl groups excluding tert-OH is 1. The minimum atomic E-state index is -0.382.